The van der Waals surface area contributed by atoms with E-state index in [1.54, 1.807) is 0 Å². The van der Waals surface area contributed by atoms with Crippen LogP contribution in [-0.4, -0.2) is 12.8 Å². The molecule has 92 valence electrons. The van der Waals surface area contributed by atoms with E-state index in [1.807, 2.05) is 0 Å². The molecule has 0 heterocycles. The largest absolute Gasteiger partial charge is 0.489 e. The summed E-state index contributed by atoms with van der Waals surface area (Å²) in [6.45, 7) is -1.08. The van der Waals surface area contributed by atoms with Gasteiger partial charge in [0.1, 0.15) is 12.4 Å². The second kappa shape index (κ2) is 4.99. The summed E-state index contributed by atoms with van der Waals surface area (Å²) in [5.74, 6) is -4.88. The Hall–Kier alpha value is -1.84. The highest BCUT2D eigenvalue weighted by Gasteiger charge is 2.40. The molecule has 0 aliphatic rings. The second-order valence-electron chi connectivity index (χ2n) is 3.11. The van der Waals surface area contributed by atoms with Crippen molar-refractivity contribution in [2.75, 3.05) is 6.61 Å². The van der Waals surface area contributed by atoms with Crippen molar-refractivity contribution in [2.24, 2.45) is 5.92 Å². The summed E-state index contributed by atoms with van der Waals surface area (Å²) in [4.78, 5) is 0. The fraction of sp³-hybridized carbons (Fsp3) is 0.300. The number of ether oxygens (including phenoxy) is 1. The van der Waals surface area contributed by atoms with Crippen molar-refractivity contribution in [1.29, 1.82) is 5.26 Å². The van der Waals surface area contributed by atoms with Crippen molar-refractivity contribution in [2.45, 2.75) is 6.18 Å². The maximum absolute atomic E-state index is 13.0. The Morgan fingerprint density at radius 2 is 1.94 bits per heavy atom. The van der Waals surface area contributed by atoms with Crippen molar-refractivity contribution in [3.63, 3.8) is 0 Å². The maximum Gasteiger partial charge on any atom is 0.407 e. The van der Waals surface area contributed by atoms with Crippen LogP contribution in [0.4, 0.5) is 22.0 Å². The van der Waals surface area contributed by atoms with E-state index in [0.29, 0.717) is 6.07 Å². The Morgan fingerprint density at radius 1 is 1.29 bits per heavy atom. The minimum atomic E-state index is -4.77. The molecule has 0 bridgehead atoms. The summed E-state index contributed by atoms with van der Waals surface area (Å²) in [6.07, 6.45) is -4.77. The minimum absolute atomic E-state index is 0.611. The standard InChI is InChI=1S/C10H6F5NO/c11-7-1-2-8(12)9(3-7)17-5-6(4-16)10(13,14)15/h1-3,6H,5H2. The van der Waals surface area contributed by atoms with E-state index < -0.39 is 36.1 Å². The Balaban J connectivity index is 2.73. The summed E-state index contributed by atoms with van der Waals surface area (Å²) in [7, 11) is 0. The molecule has 0 fully saturated rings. The fourth-order valence-electron chi connectivity index (χ4n) is 0.966. The zero-order chi connectivity index (χ0) is 13.1. The lowest BCUT2D eigenvalue weighted by Gasteiger charge is -2.14. The van der Waals surface area contributed by atoms with E-state index in [2.05, 4.69) is 4.74 Å². The fourth-order valence-corrected chi connectivity index (χ4v) is 0.966. The first-order valence-corrected chi connectivity index (χ1v) is 4.38. The Morgan fingerprint density at radius 3 is 2.47 bits per heavy atom. The van der Waals surface area contributed by atoms with Gasteiger partial charge in [-0.05, 0) is 12.1 Å². The van der Waals surface area contributed by atoms with E-state index in [0.717, 1.165) is 18.2 Å². The van der Waals surface area contributed by atoms with Gasteiger partial charge >= 0.3 is 6.18 Å². The van der Waals surface area contributed by atoms with Crippen molar-refractivity contribution in [3.05, 3.63) is 29.8 Å². The number of rotatable bonds is 3. The van der Waals surface area contributed by atoms with Crippen molar-refractivity contribution in [3.8, 4) is 11.8 Å². The molecule has 1 atom stereocenters. The molecule has 2 nitrogen and oxygen atoms in total. The molecule has 0 saturated carbocycles. The van der Waals surface area contributed by atoms with Crippen LogP contribution in [0, 0.1) is 28.9 Å². The molecule has 0 amide bonds. The molecule has 0 aliphatic carbocycles. The van der Waals surface area contributed by atoms with Crippen molar-refractivity contribution in [1.82, 2.24) is 0 Å². The highest BCUT2D eigenvalue weighted by molar-refractivity contribution is 5.25. The Kier molecular flexibility index (Phi) is 3.89. The number of nitriles is 1. The van der Waals surface area contributed by atoms with Crippen LogP contribution < -0.4 is 4.74 Å². The van der Waals surface area contributed by atoms with Gasteiger partial charge in [0.05, 0.1) is 6.07 Å². The third-order valence-corrected chi connectivity index (χ3v) is 1.85. The minimum Gasteiger partial charge on any atom is -0.489 e. The number of nitrogens with zero attached hydrogens (tertiary/aromatic N) is 1. The molecule has 0 aliphatic heterocycles. The number of hydrogen-bond acceptors (Lipinski definition) is 2. The average Bonchev–Trinajstić information content (AvgIpc) is 2.22. The summed E-state index contributed by atoms with van der Waals surface area (Å²) < 4.78 is 66.5. The van der Waals surface area contributed by atoms with Crippen LogP contribution in [0.1, 0.15) is 0 Å². The zero-order valence-electron chi connectivity index (χ0n) is 8.26. The first-order valence-electron chi connectivity index (χ1n) is 4.38. The van der Waals surface area contributed by atoms with Gasteiger partial charge in [0.25, 0.3) is 0 Å². The quantitative estimate of drug-likeness (QED) is 0.773. The molecular formula is C10H6F5NO. The lowest BCUT2D eigenvalue weighted by atomic mass is 10.2. The van der Waals surface area contributed by atoms with E-state index in [1.165, 1.54) is 0 Å². The first-order chi connectivity index (χ1) is 7.84. The van der Waals surface area contributed by atoms with E-state index >= 15 is 0 Å². The van der Waals surface area contributed by atoms with Gasteiger partial charge in [-0.25, -0.2) is 8.78 Å². The smallest absolute Gasteiger partial charge is 0.407 e. The van der Waals surface area contributed by atoms with Crippen LogP contribution in [-0.2, 0) is 0 Å². The number of halogens is 5. The normalized spacial score (nSPS) is 12.9. The molecular weight excluding hydrogens is 245 g/mol. The molecule has 1 aromatic rings. The number of alkyl halides is 3. The summed E-state index contributed by atoms with van der Waals surface area (Å²) in [5, 5.41) is 8.25. The lowest BCUT2D eigenvalue weighted by molar-refractivity contribution is -0.165. The molecule has 0 spiro atoms. The van der Waals surface area contributed by atoms with E-state index in [4.69, 9.17) is 5.26 Å². The summed E-state index contributed by atoms with van der Waals surface area (Å²) >= 11 is 0. The average molecular weight is 251 g/mol. The molecule has 1 rings (SSSR count). The van der Waals surface area contributed by atoms with Crippen LogP contribution in [0.15, 0.2) is 18.2 Å². The molecule has 7 heteroatoms. The summed E-state index contributed by atoms with van der Waals surface area (Å²) in [5.41, 5.74) is 0. The van der Waals surface area contributed by atoms with Crippen LogP contribution in [0.25, 0.3) is 0 Å². The third-order valence-electron chi connectivity index (χ3n) is 1.85. The first kappa shape index (κ1) is 13.2. The molecule has 1 unspecified atom stereocenters. The van der Waals surface area contributed by atoms with Crippen LogP contribution in [0.2, 0.25) is 0 Å². The maximum atomic E-state index is 13.0. The molecule has 17 heavy (non-hydrogen) atoms. The molecule has 0 aromatic heterocycles. The highest BCUT2D eigenvalue weighted by Crippen LogP contribution is 2.27. The van der Waals surface area contributed by atoms with Gasteiger partial charge in [-0.1, -0.05) is 0 Å². The monoisotopic (exact) mass is 251 g/mol. The number of benzene rings is 1. The second-order valence-corrected chi connectivity index (χ2v) is 3.11. The molecule has 0 radical (unpaired) electrons. The van der Waals surface area contributed by atoms with Crippen molar-refractivity contribution >= 4 is 0 Å². The van der Waals surface area contributed by atoms with Crippen LogP contribution in [0.5, 0.6) is 5.75 Å². The topological polar surface area (TPSA) is 33.0 Å². The predicted molar refractivity (Wildman–Crippen MR) is 47.0 cm³/mol. The van der Waals surface area contributed by atoms with Gasteiger partial charge in [-0.3, -0.25) is 0 Å². The zero-order valence-corrected chi connectivity index (χ0v) is 8.26. The lowest BCUT2D eigenvalue weighted by Crippen LogP contribution is -2.27. The van der Waals surface area contributed by atoms with E-state index in [-0.39, 0.29) is 0 Å². The Labute approximate surface area is 93.2 Å². The van der Waals surface area contributed by atoms with Gasteiger partial charge in [0, 0.05) is 6.07 Å². The molecule has 0 N–H and O–H groups in total. The summed E-state index contributed by atoms with van der Waals surface area (Å²) in [6, 6.07) is 3.11. The molecule has 1 aromatic carbocycles. The third kappa shape index (κ3) is 3.59. The van der Waals surface area contributed by atoms with Crippen LogP contribution in [0.3, 0.4) is 0 Å². The van der Waals surface area contributed by atoms with Gasteiger partial charge in [-0.15, -0.1) is 0 Å². The van der Waals surface area contributed by atoms with E-state index in [9.17, 15) is 22.0 Å². The van der Waals surface area contributed by atoms with Crippen molar-refractivity contribution < 1.29 is 26.7 Å². The molecule has 0 saturated heterocycles. The Bertz CT molecular complexity index is 437. The predicted octanol–water partition coefficient (Wildman–Crippen LogP) is 3.05. The number of hydrogen-bond donors (Lipinski definition) is 0. The van der Waals surface area contributed by atoms with Gasteiger partial charge in [-0.2, -0.15) is 18.4 Å². The highest BCUT2D eigenvalue weighted by atomic mass is 19.4. The SMILES string of the molecule is N#CC(COc1cc(F)ccc1F)C(F)(F)F. The van der Waals surface area contributed by atoms with Gasteiger partial charge in [0.2, 0.25) is 0 Å². The van der Waals surface area contributed by atoms with Gasteiger partial charge in [0.15, 0.2) is 17.5 Å². The van der Waals surface area contributed by atoms with Crippen LogP contribution >= 0.6 is 0 Å². The van der Waals surface area contributed by atoms with Gasteiger partial charge < -0.3 is 4.74 Å².